The second-order valence-electron chi connectivity index (χ2n) is 10.9. The van der Waals surface area contributed by atoms with Gasteiger partial charge in [0, 0.05) is 0 Å². The normalized spacial score (nSPS) is 11.1. The number of nitrogens with zero attached hydrogens (tertiary/aromatic N) is 4. The molecule has 8 rings (SSSR count). The summed E-state index contributed by atoms with van der Waals surface area (Å²) >= 11 is 0.382. The molecular formula is C36H32Cl2CoN4O4. The predicted octanol–water partition coefficient (Wildman–Crippen LogP) is 10.5. The number of fused-ring (bicyclic) bond motifs is 2. The van der Waals surface area contributed by atoms with Crippen molar-refractivity contribution in [1.82, 2.24) is 19.1 Å². The average molecular weight is 715 g/mol. The molecule has 0 aliphatic heterocycles. The van der Waals surface area contributed by atoms with Crippen LogP contribution in [0.5, 0.6) is 0 Å². The summed E-state index contributed by atoms with van der Waals surface area (Å²) < 4.78 is 27.2. The fourth-order valence-electron chi connectivity index (χ4n) is 5.41. The zero-order chi connectivity index (χ0) is 32.9. The molecule has 0 saturated carbocycles. The molecule has 0 radical (unpaired) electrons. The molecule has 0 bridgehead atoms. The molecule has 8 aromatic rings. The van der Waals surface area contributed by atoms with Crippen molar-refractivity contribution in [2.45, 2.75) is 40.8 Å². The Hall–Kier alpha value is -4.41. The molecule has 0 aliphatic rings. The van der Waals surface area contributed by atoms with Crippen molar-refractivity contribution in [2.75, 3.05) is 0 Å². The number of furan rings is 4. The molecular weight excluding hydrogens is 682 g/mol. The number of hydrogen-bond donors (Lipinski definition) is 0. The Morgan fingerprint density at radius 1 is 0.511 bits per heavy atom. The Balaban J connectivity index is 0.000000152. The zero-order valence-corrected chi connectivity index (χ0v) is 28.7. The van der Waals surface area contributed by atoms with Gasteiger partial charge in [0.1, 0.15) is 34.6 Å². The number of aromatic nitrogens is 4. The molecule has 0 fully saturated rings. The number of rotatable bonds is 6. The summed E-state index contributed by atoms with van der Waals surface area (Å²) in [6.45, 7) is 9.03. The molecule has 0 spiro atoms. The molecule has 2 aromatic carbocycles. The predicted molar refractivity (Wildman–Crippen MR) is 181 cm³/mol. The molecule has 0 atom stereocenters. The minimum atomic E-state index is 0.382. The third-order valence-electron chi connectivity index (χ3n) is 7.45. The number of benzene rings is 2. The number of imidazole rings is 2. The van der Waals surface area contributed by atoms with Gasteiger partial charge in [0.2, 0.25) is 0 Å². The van der Waals surface area contributed by atoms with E-state index in [9.17, 15) is 0 Å². The van der Waals surface area contributed by atoms with E-state index in [2.05, 4.69) is 21.3 Å². The van der Waals surface area contributed by atoms with Crippen molar-refractivity contribution >= 4 is 42.4 Å². The van der Waals surface area contributed by atoms with E-state index < -0.39 is 0 Å². The average Bonchev–Trinajstić information content (AvgIpc) is 3.91. The number of hydrogen-bond acceptors (Lipinski definition) is 6. The molecule has 0 saturated heterocycles. The summed E-state index contributed by atoms with van der Waals surface area (Å²) in [6, 6.07) is 32.0. The van der Waals surface area contributed by atoms with E-state index in [1.54, 1.807) is 0 Å². The van der Waals surface area contributed by atoms with Crippen LogP contribution in [0.1, 0.15) is 34.6 Å². The molecule has 0 aliphatic carbocycles. The Kier molecular flexibility index (Phi) is 10.1. The quantitative estimate of drug-likeness (QED) is 0.170. The van der Waals surface area contributed by atoms with Crippen LogP contribution < -0.4 is 0 Å². The van der Waals surface area contributed by atoms with E-state index in [-0.39, 0.29) is 0 Å². The number of halogens is 2. The molecule has 243 valence electrons. The SMILES string of the molecule is Cc1ccc(Cn2c(-c3ccc(C)o3)nc3ccccc32)o1.Cc1ccc(Cn2c(-c3ccc(C)o3)nc3ccccc32)o1.[Cl][Co][Cl]. The number of para-hydroxylation sites is 4. The van der Waals surface area contributed by atoms with Crippen LogP contribution in [-0.2, 0) is 26.0 Å². The van der Waals surface area contributed by atoms with Crippen LogP contribution in [0.4, 0.5) is 0 Å². The van der Waals surface area contributed by atoms with Gasteiger partial charge in [-0.25, -0.2) is 9.97 Å². The van der Waals surface area contributed by atoms with Gasteiger partial charge in [0.05, 0.1) is 35.2 Å². The first-order valence-electron chi connectivity index (χ1n) is 14.8. The van der Waals surface area contributed by atoms with Crippen molar-refractivity contribution in [1.29, 1.82) is 0 Å². The van der Waals surface area contributed by atoms with Crippen molar-refractivity contribution in [2.24, 2.45) is 0 Å². The van der Waals surface area contributed by atoms with E-state index in [1.165, 1.54) is 0 Å². The van der Waals surface area contributed by atoms with Gasteiger partial charge in [-0.3, -0.25) is 0 Å². The van der Waals surface area contributed by atoms with Gasteiger partial charge in [-0.15, -0.1) is 0 Å². The van der Waals surface area contributed by atoms with Crippen molar-refractivity contribution in [3.63, 3.8) is 0 Å². The van der Waals surface area contributed by atoms with Gasteiger partial charge in [0.25, 0.3) is 0 Å². The van der Waals surface area contributed by atoms with Crippen molar-refractivity contribution < 1.29 is 30.6 Å². The van der Waals surface area contributed by atoms with Crippen molar-refractivity contribution in [3.05, 3.63) is 132 Å². The Morgan fingerprint density at radius 3 is 1.21 bits per heavy atom. The molecule has 8 nitrogen and oxygen atoms in total. The molecule has 47 heavy (non-hydrogen) atoms. The summed E-state index contributed by atoms with van der Waals surface area (Å²) in [7, 11) is 9.47. The van der Waals surface area contributed by atoms with E-state index >= 15 is 0 Å². The molecule has 0 amide bonds. The third-order valence-corrected chi connectivity index (χ3v) is 7.45. The van der Waals surface area contributed by atoms with Crippen LogP contribution in [0.25, 0.3) is 45.2 Å². The van der Waals surface area contributed by atoms with E-state index in [0.717, 1.165) is 79.8 Å². The van der Waals surface area contributed by atoms with E-state index in [4.69, 9.17) is 47.9 Å². The standard InChI is InChI=1S/2C18H16N2O2.2ClH.Co/c2*1-12-7-9-14(21-12)11-20-16-6-4-3-5-15(16)19-18(20)17-10-8-13(2)22-17;;;/h2*3-10H,11H2,1-2H3;2*1H;/q;;;;+2/p-2. The monoisotopic (exact) mass is 713 g/mol. The maximum atomic E-state index is 5.77. The molecule has 6 heterocycles. The van der Waals surface area contributed by atoms with Crippen LogP contribution in [0.15, 0.2) is 115 Å². The second kappa shape index (κ2) is 14.6. The topological polar surface area (TPSA) is 88.2 Å². The third kappa shape index (κ3) is 7.44. The Bertz CT molecular complexity index is 2080. The van der Waals surface area contributed by atoms with Crippen LogP contribution in [0.3, 0.4) is 0 Å². The number of aryl methyl sites for hydroxylation is 4. The van der Waals surface area contributed by atoms with Crippen LogP contribution in [0.2, 0.25) is 0 Å². The first-order chi connectivity index (χ1) is 22.8. The first-order valence-corrected chi connectivity index (χ1v) is 17.7. The van der Waals surface area contributed by atoms with Gasteiger partial charge in [0.15, 0.2) is 23.2 Å². The Morgan fingerprint density at radius 2 is 0.872 bits per heavy atom. The van der Waals surface area contributed by atoms with Gasteiger partial charge < -0.3 is 26.8 Å². The van der Waals surface area contributed by atoms with Crippen molar-refractivity contribution in [3.8, 4) is 23.2 Å². The van der Waals surface area contributed by atoms with E-state index in [1.807, 2.05) is 113 Å². The summed E-state index contributed by atoms with van der Waals surface area (Å²) in [6.07, 6.45) is 0. The first kappa shape index (κ1) is 32.5. The summed E-state index contributed by atoms with van der Waals surface area (Å²) in [5.74, 6) is 8.59. The van der Waals surface area contributed by atoms with Gasteiger partial charge in [-0.1, -0.05) is 24.3 Å². The van der Waals surface area contributed by atoms with Gasteiger partial charge >= 0.3 is 33.2 Å². The van der Waals surface area contributed by atoms with Crippen LogP contribution >= 0.6 is 20.3 Å². The fourth-order valence-corrected chi connectivity index (χ4v) is 5.41. The fraction of sp³-hybridized carbons (Fsp3) is 0.167. The second-order valence-corrected chi connectivity index (χ2v) is 12.6. The zero-order valence-electron chi connectivity index (χ0n) is 26.2. The molecule has 6 aromatic heterocycles. The van der Waals surface area contributed by atoms with Gasteiger partial charge in [-0.2, -0.15) is 0 Å². The summed E-state index contributed by atoms with van der Waals surface area (Å²) in [4.78, 5) is 9.45. The summed E-state index contributed by atoms with van der Waals surface area (Å²) in [5, 5.41) is 0. The Labute approximate surface area is 286 Å². The molecule has 0 N–H and O–H groups in total. The summed E-state index contributed by atoms with van der Waals surface area (Å²) in [5.41, 5.74) is 4.05. The minimum absolute atomic E-state index is 0.382. The van der Waals surface area contributed by atoms with E-state index in [0.29, 0.717) is 26.0 Å². The maximum absolute atomic E-state index is 5.77. The van der Waals surface area contributed by atoms with Crippen LogP contribution in [0, 0.1) is 27.7 Å². The molecule has 0 unspecified atom stereocenters. The van der Waals surface area contributed by atoms with Gasteiger partial charge in [-0.05, 0) is 100 Å². The molecule has 11 heteroatoms. The van der Waals surface area contributed by atoms with Crippen LogP contribution in [-0.4, -0.2) is 19.1 Å².